The molecule has 3 fully saturated rings. The number of unbranched alkanes of at least 4 members (excludes halogenated alkanes) is 1. The summed E-state index contributed by atoms with van der Waals surface area (Å²) in [5.41, 5.74) is 0. The molecule has 2 bridgehead atoms. The maximum atomic E-state index is 13.5. The van der Waals surface area contributed by atoms with Gasteiger partial charge in [-0.2, -0.15) is 0 Å². The Labute approximate surface area is 170 Å². The Morgan fingerprint density at radius 1 is 1.39 bits per heavy atom. The van der Waals surface area contributed by atoms with Gasteiger partial charge < -0.3 is 20.1 Å². The third-order valence-electron chi connectivity index (χ3n) is 6.57. The molecule has 0 radical (unpaired) electrons. The van der Waals surface area contributed by atoms with Crippen molar-refractivity contribution in [2.45, 2.75) is 75.0 Å². The van der Waals surface area contributed by atoms with Crippen molar-refractivity contribution in [3.05, 3.63) is 0 Å². The first-order chi connectivity index (χ1) is 13.3. The first kappa shape index (κ1) is 21.4. The second kappa shape index (κ2) is 7.86. The van der Waals surface area contributed by atoms with Gasteiger partial charge in [-0.05, 0) is 40.0 Å². The van der Waals surface area contributed by atoms with Crippen LogP contribution in [0.15, 0.2) is 0 Å². The van der Waals surface area contributed by atoms with E-state index < -0.39 is 33.4 Å². The Bertz CT molecular complexity index is 659. The number of hydrogen-bond acceptors (Lipinski definition) is 6. The van der Waals surface area contributed by atoms with E-state index in [1.54, 1.807) is 25.6 Å². The zero-order valence-electron chi connectivity index (χ0n) is 17.2. The van der Waals surface area contributed by atoms with Gasteiger partial charge in [0, 0.05) is 11.3 Å². The molecular formula is C20H32N2O5S. The summed E-state index contributed by atoms with van der Waals surface area (Å²) in [5, 5.41) is 12.7. The highest BCUT2D eigenvalue weighted by Gasteiger charge is 2.77. The molecule has 1 spiro atoms. The first-order valence-corrected chi connectivity index (χ1v) is 11.2. The van der Waals surface area contributed by atoms with Crippen molar-refractivity contribution in [1.29, 1.82) is 0 Å². The van der Waals surface area contributed by atoms with E-state index in [9.17, 15) is 19.5 Å². The van der Waals surface area contributed by atoms with Crippen LogP contribution in [0.1, 0.15) is 53.4 Å². The van der Waals surface area contributed by atoms with Crippen LogP contribution < -0.4 is 5.32 Å². The molecule has 3 aliphatic heterocycles. The second-order valence-electron chi connectivity index (χ2n) is 8.40. The summed E-state index contributed by atoms with van der Waals surface area (Å²) < 4.78 is 4.29. The van der Waals surface area contributed by atoms with Crippen LogP contribution >= 0.6 is 11.8 Å². The summed E-state index contributed by atoms with van der Waals surface area (Å²) in [5.74, 6) is -1.86. The molecule has 2 unspecified atom stereocenters. The number of amides is 2. The Hall–Kier alpha value is -1.28. The van der Waals surface area contributed by atoms with E-state index in [-0.39, 0.29) is 31.0 Å². The number of carbonyl (C=O) groups excluding carboxylic acids is 3. The lowest BCUT2D eigenvalue weighted by molar-refractivity contribution is -0.155. The van der Waals surface area contributed by atoms with Gasteiger partial charge in [0.25, 0.3) is 0 Å². The molecule has 3 aliphatic rings. The van der Waals surface area contributed by atoms with Crippen LogP contribution in [0.4, 0.5) is 0 Å². The van der Waals surface area contributed by atoms with E-state index in [2.05, 4.69) is 12.2 Å². The second-order valence-corrected chi connectivity index (χ2v) is 10.3. The van der Waals surface area contributed by atoms with Gasteiger partial charge in [-0.15, -0.1) is 11.8 Å². The minimum atomic E-state index is -0.671. The molecule has 28 heavy (non-hydrogen) atoms. The predicted molar refractivity (Wildman–Crippen MR) is 107 cm³/mol. The Balaban J connectivity index is 2.00. The van der Waals surface area contributed by atoms with Gasteiger partial charge in [-0.25, -0.2) is 0 Å². The number of nitrogens with one attached hydrogen (secondary N) is 1. The van der Waals surface area contributed by atoms with Crippen LogP contribution in [-0.4, -0.2) is 69.1 Å². The number of thioether (sulfide) groups is 1. The van der Waals surface area contributed by atoms with Crippen LogP contribution in [0.5, 0.6) is 0 Å². The molecule has 8 heteroatoms. The lowest BCUT2D eigenvalue weighted by Gasteiger charge is -2.35. The van der Waals surface area contributed by atoms with Crippen LogP contribution in [0.25, 0.3) is 0 Å². The molecule has 158 valence electrons. The molecule has 0 aromatic rings. The number of fused-ring (bicyclic) bond motifs is 1. The standard InChI is InChI=1S/C20H32N2O5S/c1-5-7-10-21-16(24)15-20-9-8-19(4,28-20)14(18(26)27-6-2)13(20)17(25)22(15)12(3)11-23/h12-15,23H,5-11H2,1-4H3,(H,21,24)/t12-,13+,14-,15?,19+,20?/m1/s1. The van der Waals surface area contributed by atoms with Crippen molar-refractivity contribution in [1.82, 2.24) is 10.2 Å². The number of carbonyl (C=O) groups is 3. The van der Waals surface area contributed by atoms with Crippen molar-refractivity contribution < 1.29 is 24.2 Å². The highest BCUT2D eigenvalue weighted by molar-refractivity contribution is 8.02. The SMILES string of the molecule is CCCCNC(=O)C1N([C@H](C)CO)C(=O)[C@@H]2[C@H](C(=O)OCC)[C@]3(C)CCC12S3. The van der Waals surface area contributed by atoms with Gasteiger partial charge in [0.2, 0.25) is 11.8 Å². The van der Waals surface area contributed by atoms with E-state index >= 15 is 0 Å². The van der Waals surface area contributed by atoms with Gasteiger partial charge in [0.05, 0.1) is 35.8 Å². The molecule has 3 heterocycles. The number of hydrogen-bond donors (Lipinski definition) is 2. The molecule has 2 amide bonds. The molecular weight excluding hydrogens is 380 g/mol. The normalized spacial score (nSPS) is 37.1. The highest BCUT2D eigenvalue weighted by Crippen LogP contribution is 2.71. The minimum Gasteiger partial charge on any atom is -0.466 e. The lowest BCUT2D eigenvalue weighted by atomic mass is 9.66. The zero-order chi connectivity index (χ0) is 20.7. The van der Waals surface area contributed by atoms with Crippen molar-refractivity contribution in [3.8, 4) is 0 Å². The molecule has 7 nitrogen and oxygen atoms in total. The van der Waals surface area contributed by atoms with Crippen molar-refractivity contribution >= 4 is 29.5 Å². The number of aliphatic hydroxyl groups excluding tert-OH is 1. The van der Waals surface area contributed by atoms with E-state index in [1.165, 1.54) is 4.90 Å². The molecule has 3 rings (SSSR count). The van der Waals surface area contributed by atoms with Gasteiger partial charge in [-0.1, -0.05) is 13.3 Å². The number of rotatable bonds is 8. The number of esters is 1. The highest BCUT2D eigenvalue weighted by atomic mass is 32.2. The summed E-state index contributed by atoms with van der Waals surface area (Å²) in [4.78, 5) is 41.0. The van der Waals surface area contributed by atoms with Crippen molar-refractivity contribution in [2.24, 2.45) is 11.8 Å². The Morgan fingerprint density at radius 3 is 2.71 bits per heavy atom. The molecule has 0 saturated carbocycles. The van der Waals surface area contributed by atoms with E-state index in [0.29, 0.717) is 13.0 Å². The zero-order valence-corrected chi connectivity index (χ0v) is 18.0. The quantitative estimate of drug-likeness (QED) is 0.461. The smallest absolute Gasteiger partial charge is 0.311 e. The third-order valence-corrected chi connectivity index (χ3v) is 8.56. The number of aliphatic hydroxyl groups is 1. The summed E-state index contributed by atoms with van der Waals surface area (Å²) in [7, 11) is 0. The average Bonchev–Trinajstić information content (AvgIpc) is 3.22. The summed E-state index contributed by atoms with van der Waals surface area (Å²) in [6.45, 7) is 8.19. The molecule has 0 aromatic heterocycles. The lowest BCUT2D eigenvalue weighted by Crippen LogP contribution is -2.56. The monoisotopic (exact) mass is 412 g/mol. The van der Waals surface area contributed by atoms with Gasteiger partial charge in [-0.3, -0.25) is 14.4 Å². The summed E-state index contributed by atoms with van der Waals surface area (Å²) in [6, 6.07) is -1.15. The fourth-order valence-electron chi connectivity index (χ4n) is 5.30. The molecule has 3 saturated heterocycles. The van der Waals surface area contributed by atoms with Gasteiger partial charge >= 0.3 is 5.97 Å². The van der Waals surface area contributed by atoms with Crippen LogP contribution in [0.3, 0.4) is 0 Å². The molecule has 0 aliphatic carbocycles. The summed E-state index contributed by atoms with van der Waals surface area (Å²) in [6.07, 6.45) is 3.31. The maximum absolute atomic E-state index is 13.5. The van der Waals surface area contributed by atoms with Crippen molar-refractivity contribution in [3.63, 3.8) is 0 Å². The topological polar surface area (TPSA) is 95.9 Å². The van der Waals surface area contributed by atoms with Crippen LogP contribution in [0, 0.1) is 11.8 Å². The molecule has 2 N–H and O–H groups in total. The Kier molecular flexibility index (Phi) is 6.01. The fourth-order valence-corrected chi connectivity index (χ4v) is 7.63. The Morgan fingerprint density at radius 2 is 2.11 bits per heavy atom. The molecule has 6 atom stereocenters. The van der Waals surface area contributed by atoms with Crippen LogP contribution in [-0.2, 0) is 19.1 Å². The largest absolute Gasteiger partial charge is 0.466 e. The van der Waals surface area contributed by atoms with Gasteiger partial charge in [0.1, 0.15) is 6.04 Å². The fraction of sp³-hybridized carbons (Fsp3) is 0.850. The summed E-state index contributed by atoms with van der Waals surface area (Å²) >= 11 is 1.62. The number of likely N-dealkylation sites (tertiary alicyclic amines) is 1. The number of ether oxygens (including phenoxy) is 1. The average molecular weight is 413 g/mol. The van der Waals surface area contributed by atoms with Crippen LogP contribution in [0.2, 0.25) is 0 Å². The molecule has 0 aromatic carbocycles. The minimum absolute atomic E-state index is 0.175. The predicted octanol–water partition coefficient (Wildman–Crippen LogP) is 1.33. The third kappa shape index (κ3) is 3.03. The number of nitrogens with zero attached hydrogens (tertiary/aromatic N) is 1. The van der Waals surface area contributed by atoms with Gasteiger partial charge in [0.15, 0.2) is 0 Å². The van der Waals surface area contributed by atoms with E-state index in [0.717, 1.165) is 19.3 Å². The maximum Gasteiger partial charge on any atom is 0.311 e. The van der Waals surface area contributed by atoms with E-state index in [4.69, 9.17) is 4.74 Å². The first-order valence-electron chi connectivity index (χ1n) is 10.3. The van der Waals surface area contributed by atoms with E-state index in [1.807, 2.05) is 6.92 Å². The van der Waals surface area contributed by atoms with Crippen molar-refractivity contribution in [2.75, 3.05) is 19.8 Å².